The molecule has 1 fully saturated rings. The first kappa shape index (κ1) is 21.2. The van der Waals surface area contributed by atoms with Gasteiger partial charge < -0.3 is 14.4 Å². The molecule has 2 aromatic rings. The minimum absolute atomic E-state index is 0.0860. The average Bonchev–Trinajstić information content (AvgIpc) is 2.77. The van der Waals surface area contributed by atoms with Crippen molar-refractivity contribution in [2.24, 2.45) is 5.92 Å². The predicted molar refractivity (Wildman–Crippen MR) is 115 cm³/mol. The molecule has 0 bridgehead atoms. The molecule has 0 aliphatic carbocycles. The van der Waals surface area contributed by atoms with Crippen molar-refractivity contribution in [2.45, 2.75) is 25.8 Å². The molecule has 1 amide bonds. The van der Waals surface area contributed by atoms with Crippen LogP contribution in [0.1, 0.15) is 24.0 Å². The Bertz CT molecular complexity index is 794. The summed E-state index contributed by atoms with van der Waals surface area (Å²) in [6.45, 7) is 3.52. The van der Waals surface area contributed by atoms with Gasteiger partial charge in [-0.1, -0.05) is 36.4 Å². The molecule has 0 radical (unpaired) electrons. The number of rotatable bonds is 8. The summed E-state index contributed by atoms with van der Waals surface area (Å²) in [5.41, 5.74) is 2.44. The van der Waals surface area contributed by atoms with E-state index < -0.39 is 0 Å². The molecular weight excluding hydrogens is 364 g/mol. The lowest BCUT2D eigenvalue weighted by molar-refractivity contribution is -0.136. The summed E-state index contributed by atoms with van der Waals surface area (Å²) in [6.07, 6.45) is 2.85. The number of likely N-dealkylation sites (tertiary alicyclic amines) is 1. The molecule has 2 aromatic carbocycles. The summed E-state index contributed by atoms with van der Waals surface area (Å²) in [7, 11) is 5.19. The first-order chi connectivity index (χ1) is 14.1. The predicted octanol–water partition coefficient (Wildman–Crippen LogP) is 3.62. The summed E-state index contributed by atoms with van der Waals surface area (Å²) in [5.74, 6) is 1.79. The van der Waals surface area contributed by atoms with Crippen LogP contribution in [0.4, 0.5) is 0 Å². The Morgan fingerprint density at radius 3 is 2.55 bits per heavy atom. The number of hydrogen-bond acceptors (Lipinski definition) is 4. The van der Waals surface area contributed by atoms with Crippen LogP contribution in [-0.2, 0) is 17.8 Å². The van der Waals surface area contributed by atoms with Crippen LogP contribution in [0, 0.1) is 5.92 Å². The number of carbonyl (C=O) groups excluding carboxylic acids is 1. The van der Waals surface area contributed by atoms with Crippen molar-refractivity contribution in [3.05, 3.63) is 59.7 Å². The van der Waals surface area contributed by atoms with Gasteiger partial charge in [0.15, 0.2) is 11.5 Å². The van der Waals surface area contributed by atoms with E-state index >= 15 is 0 Å². The van der Waals surface area contributed by atoms with Crippen molar-refractivity contribution in [1.29, 1.82) is 0 Å². The first-order valence-corrected chi connectivity index (χ1v) is 10.3. The highest BCUT2D eigenvalue weighted by molar-refractivity contribution is 5.79. The van der Waals surface area contributed by atoms with Crippen LogP contribution in [0.15, 0.2) is 48.5 Å². The summed E-state index contributed by atoms with van der Waals surface area (Å²) < 4.78 is 10.7. The molecule has 1 aliphatic heterocycles. The number of nitrogens with zero attached hydrogens (tertiary/aromatic N) is 2. The van der Waals surface area contributed by atoms with Gasteiger partial charge in [0, 0.05) is 26.7 Å². The van der Waals surface area contributed by atoms with E-state index in [-0.39, 0.29) is 11.8 Å². The number of carbonyl (C=O) groups is 1. The normalized spacial score (nSPS) is 17.0. The largest absolute Gasteiger partial charge is 0.493 e. The van der Waals surface area contributed by atoms with Gasteiger partial charge in [-0.2, -0.15) is 0 Å². The number of piperidine rings is 1. The summed E-state index contributed by atoms with van der Waals surface area (Å²) in [4.78, 5) is 17.3. The molecule has 0 aromatic heterocycles. The summed E-state index contributed by atoms with van der Waals surface area (Å²) in [6, 6.07) is 16.4. The maximum Gasteiger partial charge on any atom is 0.226 e. The topological polar surface area (TPSA) is 42.0 Å². The lowest BCUT2D eigenvalue weighted by Crippen LogP contribution is -2.43. The third-order valence-corrected chi connectivity index (χ3v) is 5.66. The highest BCUT2D eigenvalue weighted by Gasteiger charge is 2.27. The second-order valence-electron chi connectivity index (χ2n) is 7.76. The van der Waals surface area contributed by atoms with Crippen LogP contribution < -0.4 is 9.47 Å². The van der Waals surface area contributed by atoms with Gasteiger partial charge >= 0.3 is 0 Å². The molecule has 29 heavy (non-hydrogen) atoms. The van der Waals surface area contributed by atoms with Crippen LogP contribution >= 0.6 is 0 Å². The van der Waals surface area contributed by atoms with E-state index in [2.05, 4.69) is 29.2 Å². The number of methoxy groups -OCH3 is 2. The van der Waals surface area contributed by atoms with E-state index in [0.717, 1.165) is 56.0 Å². The van der Waals surface area contributed by atoms with Crippen molar-refractivity contribution in [3.63, 3.8) is 0 Å². The van der Waals surface area contributed by atoms with Crippen LogP contribution in [-0.4, -0.2) is 56.6 Å². The smallest absolute Gasteiger partial charge is 0.226 e. The molecule has 5 nitrogen and oxygen atoms in total. The lowest BCUT2D eigenvalue weighted by atomic mass is 9.96. The number of ether oxygens (including phenoxy) is 2. The van der Waals surface area contributed by atoms with Gasteiger partial charge in [0.2, 0.25) is 5.91 Å². The summed E-state index contributed by atoms with van der Waals surface area (Å²) >= 11 is 0. The van der Waals surface area contributed by atoms with Gasteiger partial charge in [-0.3, -0.25) is 9.69 Å². The Hall–Kier alpha value is -2.53. The molecule has 1 atom stereocenters. The van der Waals surface area contributed by atoms with Crippen LogP contribution in [0.2, 0.25) is 0 Å². The lowest BCUT2D eigenvalue weighted by Gasteiger charge is -2.34. The minimum Gasteiger partial charge on any atom is -0.493 e. The van der Waals surface area contributed by atoms with E-state index in [1.54, 1.807) is 14.2 Å². The molecule has 1 aliphatic rings. The SMILES string of the molecule is COc1ccc(CCN(C)C(=O)[C@@H]2CCCN(Cc3ccccc3)C2)cc1OC. The zero-order valence-corrected chi connectivity index (χ0v) is 17.8. The molecule has 0 unspecified atom stereocenters. The molecule has 0 spiro atoms. The maximum absolute atomic E-state index is 13.0. The molecule has 0 N–H and O–H groups in total. The van der Waals surface area contributed by atoms with E-state index in [9.17, 15) is 4.79 Å². The zero-order chi connectivity index (χ0) is 20.6. The third kappa shape index (κ3) is 5.73. The van der Waals surface area contributed by atoms with Gasteiger partial charge in [0.05, 0.1) is 20.1 Å². The molecule has 3 rings (SSSR count). The fourth-order valence-electron chi connectivity index (χ4n) is 4.00. The van der Waals surface area contributed by atoms with Crippen LogP contribution in [0.5, 0.6) is 11.5 Å². The number of likely N-dealkylation sites (N-methyl/N-ethyl adjacent to an activating group) is 1. The van der Waals surface area contributed by atoms with Gasteiger partial charge in [0.25, 0.3) is 0 Å². The van der Waals surface area contributed by atoms with E-state index in [0.29, 0.717) is 6.54 Å². The first-order valence-electron chi connectivity index (χ1n) is 10.3. The quantitative estimate of drug-likeness (QED) is 0.684. The Balaban J connectivity index is 1.52. The maximum atomic E-state index is 13.0. The second-order valence-corrected chi connectivity index (χ2v) is 7.76. The Morgan fingerprint density at radius 2 is 1.83 bits per heavy atom. The van der Waals surface area contributed by atoms with Crippen molar-refractivity contribution >= 4 is 5.91 Å². The van der Waals surface area contributed by atoms with Gasteiger partial charge in [0.1, 0.15) is 0 Å². The third-order valence-electron chi connectivity index (χ3n) is 5.66. The zero-order valence-electron chi connectivity index (χ0n) is 17.8. The summed E-state index contributed by atoms with van der Waals surface area (Å²) in [5, 5.41) is 0. The average molecular weight is 397 g/mol. The van der Waals surface area contributed by atoms with E-state index in [4.69, 9.17) is 9.47 Å². The highest BCUT2D eigenvalue weighted by Crippen LogP contribution is 2.28. The molecule has 5 heteroatoms. The Morgan fingerprint density at radius 1 is 1.07 bits per heavy atom. The van der Waals surface area contributed by atoms with Crippen molar-refractivity contribution in [1.82, 2.24) is 9.80 Å². The molecule has 0 saturated carbocycles. The van der Waals surface area contributed by atoms with Crippen molar-refractivity contribution in [3.8, 4) is 11.5 Å². The van der Waals surface area contributed by atoms with Crippen LogP contribution in [0.3, 0.4) is 0 Å². The van der Waals surface area contributed by atoms with E-state index in [1.807, 2.05) is 36.2 Å². The highest BCUT2D eigenvalue weighted by atomic mass is 16.5. The standard InChI is InChI=1S/C24H32N2O3/c1-25(15-13-19-11-12-22(28-2)23(16-19)29-3)24(27)21-10-7-14-26(18-21)17-20-8-5-4-6-9-20/h4-6,8-9,11-12,16,21H,7,10,13-15,17-18H2,1-3H3/t21-/m1/s1. The fraction of sp³-hybridized carbons (Fsp3) is 0.458. The number of hydrogen-bond donors (Lipinski definition) is 0. The van der Waals surface area contributed by atoms with Gasteiger partial charge in [-0.05, 0) is 49.1 Å². The number of amides is 1. The fourth-order valence-corrected chi connectivity index (χ4v) is 4.00. The minimum atomic E-state index is 0.0860. The second kappa shape index (κ2) is 10.3. The Labute approximate surface area is 174 Å². The molecule has 156 valence electrons. The van der Waals surface area contributed by atoms with E-state index in [1.165, 1.54) is 5.56 Å². The van der Waals surface area contributed by atoms with Crippen LogP contribution in [0.25, 0.3) is 0 Å². The van der Waals surface area contributed by atoms with Crippen molar-refractivity contribution in [2.75, 3.05) is 40.9 Å². The monoisotopic (exact) mass is 396 g/mol. The van der Waals surface area contributed by atoms with Crippen molar-refractivity contribution < 1.29 is 14.3 Å². The number of benzene rings is 2. The molecule has 1 saturated heterocycles. The Kier molecular flexibility index (Phi) is 7.53. The molecular formula is C24H32N2O3. The van der Waals surface area contributed by atoms with Gasteiger partial charge in [-0.15, -0.1) is 0 Å². The molecule has 1 heterocycles. The van der Waals surface area contributed by atoms with Gasteiger partial charge in [-0.25, -0.2) is 0 Å².